The van der Waals surface area contributed by atoms with Crippen molar-refractivity contribution < 1.29 is 9.53 Å². The molecule has 3 rings (SSSR count). The van der Waals surface area contributed by atoms with Crippen LogP contribution in [0.2, 0.25) is 0 Å². The topological polar surface area (TPSA) is 26.3 Å². The number of unbranched alkanes of at least 4 members (excludes halogenated alkanes) is 1. The average Bonchev–Trinajstić information content (AvgIpc) is 2.68. The second-order valence-corrected chi connectivity index (χ2v) is 7.14. The molecule has 0 saturated heterocycles. The van der Waals surface area contributed by atoms with Crippen LogP contribution >= 0.6 is 0 Å². The highest BCUT2D eigenvalue weighted by molar-refractivity contribution is 5.79. The quantitative estimate of drug-likeness (QED) is 0.460. The summed E-state index contributed by atoms with van der Waals surface area (Å²) in [5.74, 6) is 1.48. The Hall–Kier alpha value is -2.09. The Labute approximate surface area is 151 Å². The van der Waals surface area contributed by atoms with Crippen molar-refractivity contribution in [1.29, 1.82) is 0 Å². The van der Waals surface area contributed by atoms with Crippen LogP contribution in [0.3, 0.4) is 0 Å². The minimum atomic E-state index is -0.0580. The molecule has 0 unspecified atom stereocenters. The van der Waals surface area contributed by atoms with E-state index < -0.39 is 0 Å². The van der Waals surface area contributed by atoms with Gasteiger partial charge in [0.1, 0.15) is 5.75 Å². The van der Waals surface area contributed by atoms with E-state index in [9.17, 15) is 4.79 Å². The number of carbonyl (C=O) groups excluding carboxylic acids is 1. The summed E-state index contributed by atoms with van der Waals surface area (Å²) in [6, 6.07) is 17.9. The lowest BCUT2D eigenvalue weighted by Crippen LogP contribution is -2.25. The average molecular weight is 336 g/mol. The van der Waals surface area contributed by atoms with Crippen molar-refractivity contribution in [2.24, 2.45) is 11.8 Å². The smallest absolute Gasteiger partial charge is 0.314 e. The summed E-state index contributed by atoms with van der Waals surface area (Å²) >= 11 is 0. The molecule has 0 bridgehead atoms. The first-order valence-corrected chi connectivity index (χ1v) is 9.64. The van der Waals surface area contributed by atoms with Crippen LogP contribution in [-0.2, 0) is 4.79 Å². The van der Waals surface area contributed by atoms with E-state index in [1.807, 2.05) is 54.6 Å². The maximum Gasteiger partial charge on any atom is 0.314 e. The van der Waals surface area contributed by atoms with Crippen molar-refractivity contribution in [2.75, 3.05) is 0 Å². The summed E-state index contributed by atoms with van der Waals surface area (Å²) < 4.78 is 5.82. The van der Waals surface area contributed by atoms with E-state index >= 15 is 0 Å². The number of ether oxygens (including phenoxy) is 1. The molecular weight excluding hydrogens is 308 g/mol. The van der Waals surface area contributed by atoms with Crippen LogP contribution in [0.5, 0.6) is 5.75 Å². The standard InChI is InChI=1S/C23H28O2/c1-2-3-9-18-14-16-20(17-15-18)23(24)25-22-13-8-7-12-21(22)19-10-5-4-6-11-19/h4-8,10-13,18,20H,2-3,9,14-17H2,1H3. The van der Waals surface area contributed by atoms with Crippen molar-refractivity contribution in [3.05, 3.63) is 54.6 Å². The van der Waals surface area contributed by atoms with Gasteiger partial charge in [-0.3, -0.25) is 4.79 Å². The van der Waals surface area contributed by atoms with Crippen LogP contribution in [0.25, 0.3) is 11.1 Å². The molecule has 1 aliphatic carbocycles. The number of hydrogen-bond donors (Lipinski definition) is 0. The molecule has 2 heteroatoms. The highest BCUT2D eigenvalue weighted by atomic mass is 16.5. The minimum Gasteiger partial charge on any atom is -0.426 e. The molecule has 132 valence electrons. The summed E-state index contributed by atoms with van der Waals surface area (Å²) in [6.45, 7) is 2.24. The summed E-state index contributed by atoms with van der Waals surface area (Å²) in [4.78, 5) is 12.6. The number of hydrogen-bond acceptors (Lipinski definition) is 2. The lowest BCUT2D eigenvalue weighted by Gasteiger charge is -2.27. The first kappa shape index (κ1) is 17.7. The third kappa shape index (κ3) is 4.72. The largest absolute Gasteiger partial charge is 0.426 e. The van der Waals surface area contributed by atoms with Gasteiger partial charge in [0.2, 0.25) is 0 Å². The summed E-state index contributed by atoms with van der Waals surface area (Å²) in [5, 5.41) is 0. The van der Waals surface area contributed by atoms with Crippen molar-refractivity contribution in [3.63, 3.8) is 0 Å². The number of esters is 1. The molecule has 0 aromatic heterocycles. The molecule has 2 nitrogen and oxygen atoms in total. The molecule has 1 saturated carbocycles. The van der Waals surface area contributed by atoms with Crippen LogP contribution < -0.4 is 4.74 Å². The molecule has 0 N–H and O–H groups in total. The van der Waals surface area contributed by atoms with E-state index in [4.69, 9.17) is 4.74 Å². The molecule has 25 heavy (non-hydrogen) atoms. The SMILES string of the molecule is CCCCC1CCC(C(=O)Oc2ccccc2-c2ccccc2)CC1. The zero-order valence-corrected chi connectivity index (χ0v) is 15.1. The molecule has 0 aliphatic heterocycles. The Bertz CT molecular complexity index is 670. The molecule has 1 fully saturated rings. The third-order valence-electron chi connectivity index (χ3n) is 5.33. The van der Waals surface area contributed by atoms with Gasteiger partial charge in [-0.05, 0) is 43.2 Å². The molecular formula is C23H28O2. The fourth-order valence-corrected chi connectivity index (χ4v) is 3.78. The van der Waals surface area contributed by atoms with Gasteiger partial charge in [-0.2, -0.15) is 0 Å². The van der Waals surface area contributed by atoms with Crippen LogP contribution in [0.4, 0.5) is 0 Å². The predicted octanol–water partition coefficient (Wildman–Crippen LogP) is 6.26. The van der Waals surface area contributed by atoms with Gasteiger partial charge in [-0.1, -0.05) is 74.7 Å². The zero-order valence-electron chi connectivity index (χ0n) is 15.1. The lowest BCUT2D eigenvalue weighted by atomic mass is 9.80. The van der Waals surface area contributed by atoms with E-state index in [1.165, 1.54) is 32.1 Å². The van der Waals surface area contributed by atoms with E-state index in [0.29, 0.717) is 5.75 Å². The summed E-state index contributed by atoms with van der Waals surface area (Å²) in [6.07, 6.45) is 8.17. The van der Waals surface area contributed by atoms with Gasteiger partial charge in [0.25, 0.3) is 0 Å². The molecule has 0 spiro atoms. The predicted molar refractivity (Wildman–Crippen MR) is 102 cm³/mol. The second-order valence-electron chi connectivity index (χ2n) is 7.14. The monoisotopic (exact) mass is 336 g/mol. The van der Waals surface area contributed by atoms with Gasteiger partial charge >= 0.3 is 5.97 Å². The Morgan fingerprint density at radius 2 is 1.64 bits per heavy atom. The fourth-order valence-electron chi connectivity index (χ4n) is 3.78. The third-order valence-corrected chi connectivity index (χ3v) is 5.33. The van der Waals surface area contributed by atoms with E-state index in [0.717, 1.165) is 29.9 Å². The van der Waals surface area contributed by atoms with Gasteiger partial charge < -0.3 is 4.74 Å². The van der Waals surface area contributed by atoms with Crippen LogP contribution in [0, 0.1) is 11.8 Å². The maximum absolute atomic E-state index is 12.6. The van der Waals surface area contributed by atoms with Crippen molar-refractivity contribution in [2.45, 2.75) is 51.9 Å². The minimum absolute atomic E-state index is 0.0571. The molecule has 0 atom stereocenters. The Kier molecular flexibility index (Phi) is 6.27. The summed E-state index contributed by atoms with van der Waals surface area (Å²) in [7, 11) is 0. The molecule has 2 aromatic rings. The highest BCUT2D eigenvalue weighted by Gasteiger charge is 2.27. The zero-order chi connectivity index (χ0) is 17.5. The molecule has 0 amide bonds. The molecule has 1 aliphatic rings. The van der Waals surface area contributed by atoms with E-state index in [2.05, 4.69) is 6.92 Å². The first-order valence-electron chi connectivity index (χ1n) is 9.64. The number of benzene rings is 2. The van der Waals surface area contributed by atoms with Crippen LogP contribution in [0.1, 0.15) is 51.9 Å². The number of carbonyl (C=O) groups is 1. The van der Waals surface area contributed by atoms with Crippen molar-refractivity contribution in [1.82, 2.24) is 0 Å². The van der Waals surface area contributed by atoms with Gasteiger partial charge in [0, 0.05) is 5.56 Å². The van der Waals surface area contributed by atoms with Crippen molar-refractivity contribution >= 4 is 5.97 Å². The Balaban J connectivity index is 1.63. The maximum atomic E-state index is 12.6. The van der Waals surface area contributed by atoms with Crippen LogP contribution in [-0.4, -0.2) is 5.97 Å². The number of rotatable bonds is 6. The Morgan fingerprint density at radius 3 is 2.36 bits per heavy atom. The molecule has 0 heterocycles. The fraction of sp³-hybridized carbons (Fsp3) is 0.435. The van der Waals surface area contributed by atoms with E-state index in [-0.39, 0.29) is 11.9 Å². The Morgan fingerprint density at radius 1 is 0.960 bits per heavy atom. The first-order chi connectivity index (χ1) is 12.3. The normalized spacial score (nSPS) is 20.2. The van der Waals surface area contributed by atoms with Crippen molar-refractivity contribution in [3.8, 4) is 16.9 Å². The summed E-state index contributed by atoms with van der Waals surface area (Å²) in [5.41, 5.74) is 2.06. The van der Waals surface area contributed by atoms with E-state index in [1.54, 1.807) is 0 Å². The lowest BCUT2D eigenvalue weighted by molar-refractivity contribution is -0.140. The van der Waals surface area contributed by atoms with Gasteiger partial charge in [-0.25, -0.2) is 0 Å². The molecule has 0 radical (unpaired) electrons. The molecule has 2 aromatic carbocycles. The highest BCUT2D eigenvalue weighted by Crippen LogP contribution is 2.34. The van der Waals surface area contributed by atoms with Gasteiger partial charge in [0.05, 0.1) is 5.92 Å². The number of para-hydroxylation sites is 1. The van der Waals surface area contributed by atoms with Crippen LogP contribution in [0.15, 0.2) is 54.6 Å². The van der Waals surface area contributed by atoms with Gasteiger partial charge in [-0.15, -0.1) is 0 Å². The second kappa shape index (κ2) is 8.84. The van der Waals surface area contributed by atoms with Gasteiger partial charge in [0.15, 0.2) is 0 Å².